The summed E-state index contributed by atoms with van der Waals surface area (Å²) < 4.78 is 31.4. The number of hydrogen-bond donors (Lipinski definition) is 0. The van der Waals surface area contributed by atoms with E-state index in [0.29, 0.717) is 24.3 Å². The first-order chi connectivity index (χ1) is 12.8. The Balaban J connectivity index is 1.85. The van der Waals surface area contributed by atoms with Gasteiger partial charge in [-0.1, -0.05) is 6.07 Å². The van der Waals surface area contributed by atoms with Crippen LogP contribution in [0.4, 0.5) is 0 Å². The molecule has 1 aliphatic heterocycles. The zero-order valence-electron chi connectivity index (χ0n) is 14.8. The van der Waals surface area contributed by atoms with Gasteiger partial charge in [0.1, 0.15) is 0 Å². The molecule has 1 saturated heterocycles. The van der Waals surface area contributed by atoms with Crippen LogP contribution in [0.15, 0.2) is 45.1 Å². The molecule has 0 amide bonds. The SMILES string of the molecule is Cn1cc(S(=O)(=O)N2CCCC2c2nnc3ccccn23)c(=O)n(C)c1=O. The minimum absolute atomic E-state index is 0.265. The third-order valence-corrected chi connectivity index (χ3v) is 6.73. The van der Waals surface area contributed by atoms with E-state index in [1.54, 1.807) is 16.7 Å². The fourth-order valence-corrected chi connectivity index (χ4v) is 5.26. The topological polar surface area (TPSA) is 112 Å². The molecule has 4 heterocycles. The summed E-state index contributed by atoms with van der Waals surface area (Å²) in [5, 5.41) is 8.26. The lowest BCUT2D eigenvalue weighted by Crippen LogP contribution is -2.42. The summed E-state index contributed by atoms with van der Waals surface area (Å²) in [5.41, 5.74) is -0.801. The summed E-state index contributed by atoms with van der Waals surface area (Å²) in [5.74, 6) is 0.508. The van der Waals surface area contributed by atoms with E-state index in [9.17, 15) is 18.0 Å². The maximum Gasteiger partial charge on any atom is 0.330 e. The van der Waals surface area contributed by atoms with E-state index in [4.69, 9.17) is 0 Å². The van der Waals surface area contributed by atoms with Crippen LogP contribution in [-0.4, -0.2) is 43.0 Å². The Morgan fingerprint density at radius 1 is 1.15 bits per heavy atom. The minimum Gasteiger partial charge on any atom is -0.302 e. The Hall–Kier alpha value is -2.79. The maximum atomic E-state index is 13.3. The molecular formula is C16H18N6O4S. The molecule has 1 atom stereocenters. The first-order valence-electron chi connectivity index (χ1n) is 8.40. The number of aryl methyl sites for hydroxylation is 1. The van der Waals surface area contributed by atoms with Crippen molar-refractivity contribution in [3.05, 3.63) is 57.3 Å². The quantitative estimate of drug-likeness (QED) is 0.604. The molecule has 11 heteroatoms. The van der Waals surface area contributed by atoms with Gasteiger partial charge in [0.2, 0.25) is 0 Å². The average Bonchev–Trinajstić information content (AvgIpc) is 3.29. The van der Waals surface area contributed by atoms with Gasteiger partial charge < -0.3 is 4.57 Å². The molecule has 1 aliphatic rings. The molecule has 3 aromatic heterocycles. The number of hydrogen-bond acceptors (Lipinski definition) is 6. The number of rotatable bonds is 3. The highest BCUT2D eigenvalue weighted by molar-refractivity contribution is 7.89. The number of sulfonamides is 1. The molecule has 1 unspecified atom stereocenters. The number of fused-ring (bicyclic) bond motifs is 1. The van der Waals surface area contributed by atoms with Crippen molar-refractivity contribution in [3.8, 4) is 0 Å². The van der Waals surface area contributed by atoms with Crippen molar-refractivity contribution in [2.75, 3.05) is 6.54 Å². The van der Waals surface area contributed by atoms with Crippen LogP contribution in [0.3, 0.4) is 0 Å². The highest BCUT2D eigenvalue weighted by Crippen LogP contribution is 2.35. The number of pyridine rings is 1. The van der Waals surface area contributed by atoms with E-state index < -0.39 is 32.2 Å². The fourth-order valence-electron chi connectivity index (χ4n) is 3.45. The molecule has 1 fully saturated rings. The molecule has 142 valence electrons. The monoisotopic (exact) mass is 390 g/mol. The van der Waals surface area contributed by atoms with Crippen molar-refractivity contribution in [1.29, 1.82) is 0 Å². The van der Waals surface area contributed by atoms with Gasteiger partial charge in [0.25, 0.3) is 15.6 Å². The van der Waals surface area contributed by atoms with Gasteiger partial charge in [-0.05, 0) is 25.0 Å². The summed E-state index contributed by atoms with van der Waals surface area (Å²) in [6, 6.07) is 4.89. The molecule has 0 aliphatic carbocycles. The highest BCUT2D eigenvalue weighted by atomic mass is 32.2. The van der Waals surface area contributed by atoms with Crippen LogP contribution in [0.1, 0.15) is 24.7 Å². The van der Waals surface area contributed by atoms with E-state index in [0.717, 1.165) is 15.3 Å². The smallest absolute Gasteiger partial charge is 0.302 e. The molecular weight excluding hydrogens is 372 g/mol. The van der Waals surface area contributed by atoms with E-state index in [1.807, 2.05) is 12.1 Å². The zero-order valence-corrected chi connectivity index (χ0v) is 15.6. The van der Waals surface area contributed by atoms with Gasteiger partial charge in [-0.25, -0.2) is 13.2 Å². The van der Waals surface area contributed by atoms with Crippen LogP contribution in [0.25, 0.3) is 5.65 Å². The van der Waals surface area contributed by atoms with Crippen LogP contribution >= 0.6 is 0 Å². The largest absolute Gasteiger partial charge is 0.330 e. The van der Waals surface area contributed by atoms with Crippen molar-refractivity contribution < 1.29 is 8.42 Å². The fraction of sp³-hybridized carbons (Fsp3) is 0.375. The molecule has 10 nitrogen and oxygen atoms in total. The normalized spacial score (nSPS) is 18.4. The molecule has 4 rings (SSSR count). The van der Waals surface area contributed by atoms with Gasteiger partial charge in [0.05, 0.1) is 6.04 Å². The summed E-state index contributed by atoms with van der Waals surface area (Å²) in [6.45, 7) is 0.265. The van der Waals surface area contributed by atoms with Gasteiger partial charge in [-0.2, -0.15) is 4.31 Å². The van der Waals surface area contributed by atoms with E-state index in [-0.39, 0.29) is 6.54 Å². The molecule has 0 saturated carbocycles. The minimum atomic E-state index is -4.12. The van der Waals surface area contributed by atoms with E-state index >= 15 is 0 Å². The number of nitrogens with zero attached hydrogens (tertiary/aromatic N) is 6. The first kappa shape index (κ1) is 17.6. The molecule has 0 aromatic carbocycles. The van der Waals surface area contributed by atoms with E-state index in [2.05, 4.69) is 10.2 Å². The van der Waals surface area contributed by atoms with Crippen molar-refractivity contribution in [2.24, 2.45) is 14.1 Å². The molecule has 27 heavy (non-hydrogen) atoms. The van der Waals surface area contributed by atoms with Crippen LogP contribution in [0.5, 0.6) is 0 Å². The second-order valence-electron chi connectivity index (χ2n) is 6.51. The third kappa shape index (κ3) is 2.61. The first-order valence-corrected chi connectivity index (χ1v) is 9.84. The Morgan fingerprint density at radius 3 is 2.70 bits per heavy atom. The van der Waals surface area contributed by atoms with Crippen LogP contribution < -0.4 is 11.2 Å². The molecule has 0 N–H and O–H groups in total. The Morgan fingerprint density at radius 2 is 1.93 bits per heavy atom. The summed E-state index contributed by atoms with van der Waals surface area (Å²) in [6.07, 6.45) is 4.06. The number of aromatic nitrogens is 5. The summed E-state index contributed by atoms with van der Waals surface area (Å²) >= 11 is 0. The average molecular weight is 390 g/mol. The molecule has 3 aromatic rings. The lowest BCUT2D eigenvalue weighted by molar-refractivity contribution is 0.379. The second kappa shape index (κ2) is 6.13. The highest BCUT2D eigenvalue weighted by Gasteiger charge is 2.40. The lowest BCUT2D eigenvalue weighted by Gasteiger charge is -2.23. The standard InChI is InChI=1S/C16H18N6O4S/c1-19-10-12(15(23)20(2)16(19)24)27(25,26)22-9-5-6-11(22)14-18-17-13-7-3-4-8-21(13)14/h3-4,7-8,10-11H,5-6,9H2,1-2H3. The van der Waals surface area contributed by atoms with Crippen molar-refractivity contribution in [2.45, 2.75) is 23.8 Å². The van der Waals surface area contributed by atoms with Crippen LogP contribution in [-0.2, 0) is 24.1 Å². The van der Waals surface area contributed by atoms with E-state index in [1.165, 1.54) is 18.4 Å². The van der Waals surface area contributed by atoms with Crippen molar-refractivity contribution in [3.63, 3.8) is 0 Å². The predicted octanol–water partition coefficient (Wildman–Crippen LogP) is -0.347. The Kier molecular flexibility index (Phi) is 4.00. The Bertz CT molecular complexity index is 1260. The van der Waals surface area contributed by atoms with Gasteiger partial charge in [0.15, 0.2) is 16.4 Å². The summed E-state index contributed by atoms with van der Waals surface area (Å²) in [7, 11) is -1.44. The van der Waals surface area contributed by atoms with Crippen molar-refractivity contribution >= 4 is 15.7 Å². The van der Waals surface area contributed by atoms with Crippen LogP contribution in [0, 0.1) is 0 Å². The predicted molar refractivity (Wildman–Crippen MR) is 95.8 cm³/mol. The zero-order chi connectivity index (χ0) is 19.3. The third-order valence-electron chi connectivity index (χ3n) is 4.84. The van der Waals surface area contributed by atoms with Crippen LogP contribution in [0.2, 0.25) is 0 Å². The summed E-state index contributed by atoms with van der Waals surface area (Å²) in [4.78, 5) is 23.9. The molecule has 0 radical (unpaired) electrons. The van der Waals surface area contributed by atoms with Gasteiger partial charge in [-0.3, -0.25) is 13.8 Å². The van der Waals surface area contributed by atoms with Gasteiger partial charge >= 0.3 is 5.69 Å². The maximum absolute atomic E-state index is 13.3. The second-order valence-corrected chi connectivity index (χ2v) is 8.37. The van der Waals surface area contributed by atoms with Gasteiger partial charge in [-0.15, -0.1) is 10.2 Å². The lowest BCUT2D eigenvalue weighted by atomic mass is 10.2. The Labute approximate surface area is 154 Å². The molecule has 0 bridgehead atoms. The van der Waals surface area contributed by atoms with Gasteiger partial charge in [0, 0.05) is 33.0 Å². The van der Waals surface area contributed by atoms with Crippen molar-refractivity contribution in [1.82, 2.24) is 28.0 Å². The molecule has 0 spiro atoms.